The van der Waals surface area contributed by atoms with Gasteiger partial charge in [-0.2, -0.15) is 13.2 Å². The maximum Gasteiger partial charge on any atom is 0.419 e. The van der Waals surface area contributed by atoms with Crippen LogP contribution in [0.4, 0.5) is 23.2 Å². The van der Waals surface area contributed by atoms with E-state index in [2.05, 4.69) is 37.4 Å². The van der Waals surface area contributed by atoms with Crippen molar-refractivity contribution >= 4 is 28.8 Å². The number of halogens is 4. The van der Waals surface area contributed by atoms with Gasteiger partial charge in [0.15, 0.2) is 0 Å². The van der Waals surface area contributed by atoms with Crippen molar-refractivity contribution in [3.8, 4) is 11.8 Å². The number of nitrogens with zero attached hydrogens (tertiary/aromatic N) is 3. The summed E-state index contributed by atoms with van der Waals surface area (Å²) in [6, 6.07) is 2.88. The fourth-order valence-electron chi connectivity index (χ4n) is 2.70. The summed E-state index contributed by atoms with van der Waals surface area (Å²) in [7, 11) is 0. The van der Waals surface area contributed by atoms with Gasteiger partial charge in [0.25, 0.3) is 11.8 Å². The summed E-state index contributed by atoms with van der Waals surface area (Å²) in [5, 5.41) is 14.1. The number of aliphatic hydroxyl groups excluding tert-OH is 1. The predicted octanol–water partition coefficient (Wildman–Crippen LogP) is 3.57. The van der Waals surface area contributed by atoms with Gasteiger partial charge in [0.05, 0.1) is 24.4 Å². The number of nitrogens with one attached hydrogen (secondary N) is 2. The van der Waals surface area contributed by atoms with Crippen LogP contribution in [0.5, 0.6) is 0 Å². The van der Waals surface area contributed by atoms with Gasteiger partial charge in [0.1, 0.15) is 33.4 Å². The van der Waals surface area contributed by atoms with Crippen LogP contribution >= 0.6 is 11.3 Å². The lowest BCUT2D eigenvalue weighted by Gasteiger charge is -2.11. The monoisotopic (exact) mass is 507 g/mol. The minimum absolute atomic E-state index is 0.0476. The molecule has 0 aliphatic heterocycles. The molecule has 35 heavy (non-hydrogen) atoms. The molecule has 1 atom stereocenters. The summed E-state index contributed by atoms with van der Waals surface area (Å²) in [4.78, 5) is 36.9. The van der Waals surface area contributed by atoms with Crippen molar-refractivity contribution in [1.29, 1.82) is 0 Å². The minimum Gasteiger partial charge on any atom is -0.395 e. The number of carbonyl (C=O) groups excluding carboxylic acids is 2. The minimum atomic E-state index is -4.91. The number of rotatable bonds is 6. The third-order valence-corrected chi connectivity index (χ3v) is 5.53. The van der Waals surface area contributed by atoms with Crippen LogP contribution in [-0.4, -0.2) is 38.5 Å². The number of aliphatic hydroxyl groups is 1. The molecule has 1 unspecified atom stereocenters. The Kier molecular flexibility index (Phi) is 8.10. The summed E-state index contributed by atoms with van der Waals surface area (Å²) in [6.45, 7) is 1.52. The number of aromatic nitrogens is 3. The molecule has 2 aromatic heterocycles. The van der Waals surface area contributed by atoms with E-state index in [9.17, 15) is 27.2 Å². The standard InChI is InChI=1S/C22H17F4N5O3S/c1-12(30-19(33)17-9-13(28-11-29-17)4-2-3-7-32)21-27-10-18(35-21)20(34)31-14-5-6-16(23)15(8-14)22(24,25)26/h5-6,8-12,32H,3,7H2,1H3,(H,30,33)(H,31,34). The number of thiazole rings is 1. The van der Waals surface area contributed by atoms with E-state index in [1.54, 1.807) is 6.92 Å². The molecule has 0 bridgehead atoms. The predicted molar refractivity (Wildman–Crippen MR) is 118 cm³/mol. The normalized spacial score (nSPS) is 11.8. The number of carbonyl (C=O) groups is 2. The lowest BCUT2D eigenvalue weighted by molar-refractivity contribution is -0.139. The van der Waals surface area contributed by atoms with E-state index < -0.39 is 35.4 Å². The maximum atomic E-state index is 13.4. The highest BCUT2D eigenvalue weighted by atomic mass is 32.1. The molecule has 13 heteroatoms. The average Bonchev–Trinajstić information content (AvgIpc) is 3.31. The molecule has 0 aliphatic carbocycles. The highest BCUT2D eigenvalue weighted by Gasteiger charge is 2.34. The molecule has 0 saturated carbocycles. The first kappa shape index (κ1) is 25.7. The number of anilines is 1. The molecule has 8 nitrogen and oxygen atoms in total. The first-order chi connectivity index (χ1) is 16.6. The quantitative estimate of drug-likeness (QED) is 0.347. The van der Waals surface area contributed by atoms with E-state index >= 15 is 0 Å². The molecule has 3 rings (SSSR count). The van der Waals surface area contributed by atoms with Gasteiger partial charge in [-0.3, -0.25) is 9.59 Å². The second-order valence-corrected chi connectivity index (χ2v) is 8.03. The first-order valence-corrected chi connectivity index (χ1v) is 10.8. The molecule has 1 aromatic carbocycles. The molecule has 2 amide bonds. The van der Waals surface area contributed by atoms with Crippen molar-refractivity contribution in [2.24, 2.45) is 0 Å². The topological polar surface area (TPSA) is 117 Å². The Morgan fingerprint density at radius 3 is 2.66 bits per heavy atom. The third-order valence-electron chi connectivity index (χ3n) is 4.35. The Balaban J connectivity index is 1.66. The molecule has 0 spiro atoms. The fraction of sp³-hybridized carbons (Fsp3) is 0.227. The smallest absolute Gasteiger partial charge is 0.395 e. The van der Waals surface area contributed by atoms with Crippen LogP contribution in [0.3, 0.4) is 0 Å². The van der Waals surface area contributed by atoms with Crippen molar-refractivity contribution in [2.45, 2.75) is 25.6 Å². The van der Waals surface area contributed by atoms with Crippen LogP contribution in [0, 0.1) is 17.7 Å². The molecule has 0 radical (unpaired) electrons. The summed E-state index contributed by atoms with van der Waals surface area (Å²) >= 11 is 0.922. The average molecular weight is 507 g/mol. The number of amides is 2. The van der Waals surface area contributed by atoms with Crippen molar-refractivity contribution in [3.05, 3.63) is 69.4 Å². The van der Waals surface area contributed by atoms with Gasteiger partial charge in [-0.1, -0.05) is 5.92 Å². The van der Waals surface area contributed by atoms with Crippen molar-refractivity contribution in [2.75, 3.05) is 11.9 Å². The van der Waals surface area contributed by atoms with E-state index in [-0.39, 0.29) is 29.3 Å². The molecular weight excluding hydrogens is 490 g/mol. The van der Waals surface area contributed by atoms with Gasteiger partial charge in [-0.25, -0.2) is 19.3 Å². The molecule has 0 aliphatic rings. The van der Waals surface area contributed by atoms with Gasteiger partial charge < -0.3 is 15.7 Å². The Morgan fingerprint density at radius 1 is 1.17 bits per heavy atom. The van der Waals surface area contributed by atoms with Crippen LogP contribution in [-0.2, 0) is 6.18 Å². The van der Waals surface area contributed by atoms with Crippen LogP contribution in [0.2, 0.25) is 0 Å². The van der Waals surface area contributed by atoms with Gasteiger partial charge >= 0.3 is 6.18 Å². The Labute approximate surface area is 200 Å². The van der Waals surface area contributed by atoms with Crippen molar-refractivity contribution in [1.82, 2.24) is 20.3 Å². The van der Waals surface area contributed by atoms with E-state index in [1.165, 1.54) is 18.6 Å². The van der Waals surface area contributed by atoms with Crippen molar-refractivity contribution in [3.63, 3.8) is 0 Å². The third kappa shape index (κ3) is 6.81. The van der Waals surface area contributed by atoms with Crippen LogP contribution < -0.4 is 10.6 Å². The van der Waals surface area contributed by atoms with Gasteiger partial charge in [-0.05, 0) is 31.0 Å². The molecule has 3 N–H and O–H groups in total. The van der Waals surface area contributed by atoms with Crippen molar-refractivity contribution < 1.29 is 32.3 Å². The fourth-order valence-corrected chi connectivity index (χ4v) is 3.51. The zero-order valence-electron chi connectivity index (χ0n) is 18.0. The SMILES string of the molecule is CC(NC(=O)c1cc(C#CCCO)ncn1)c1ncc(C(=O)Nc2ccc(F)c(C(F)(F)F)c2)s1. The highest BCUT2D eigenvalue weighted by Crippen LogP contribution is 2.33. The van der Waals surface area contributed by atoms with E-state index in [1.807, 2.05) is 0 Å². The van der Waals surface area contributed by atoms with Crippen LogP contribution in [0.1, 0.15) is 55.8 Å². The largest absolute Gasteiger partial charge is 0.419 e. The summed E-state index contributed by atoms with van der Waals surface area (Å²) in [6.07, 6.45) is -2.26. The van der Waals surface area contributed by atoms with Crippen LogP contribution in [0.15, 0.2) is 36.8 Å². The molecule has 0 saturated heterocycles. The van der Waals surface area contributed by atoms with Gasteiger partial charge in [-0.15, -0.1) is 11.3 Å². The van der Waals surface area contributed by atoms with Gasteiger partial charge in [0, 0.05) is 18.2 Å². The zero-order chi connectivity index (χ0) is 25.6. The highest BCUT2D eigenvalue weighted by molar-refractivity contribution is 7.13. The number of alkyl halides is 3. The van der Waals surface area contributed by atoms with E-state index in [4.69, 9.17) is 5.11 Å². The van der Waals surface area contributed by atoms with E-state index in [0.717, 1.165) is 17.4 Å². The molecule has 0 fully saturated rings. The number of benzene rings is 1. The number of hydrogen-bond acceptors (Lipinski definition) is 7. The summed E-state index contributed by atoms with van der Waals surface area (Å²) in [5.74, 6) is 2.65. The van der Waals surface area contributed by atoms with Crippen LogP contribution in [0.25, 0.3) is 0 Å². The Morgan fingerprint density at radius 2 is 1.94 bits per heavy atom. The van der Waals surface area contributed by atoms with Gasteiger partial charge in [0.2, 0.25) is 0 Å². The summed E-state index contributed by atoms with van der Waals surface area (Å²) < 4.78 is 52.1. The maximum absolute atomic E-state index is 13.4. The number of hydrogen-bond donors (Lipinski definition) is 3. The lowest BCUT2D eigenvalue weighted by Crippen LogP contribution is -2.27. The van der Waals surface area contributed by atoms with E-state index in [0.29, 0.717) is 22.8 Å². The second-order valence-electron chi connectivity index (χ2n) is 6.97. The lowest BCUT2D eigenvalue weighted by atomic mass is 10.2. The second kappa shape index (κ2) is 11.0. The molecule has 3 aromatic rings. The summed E-state index contributed by atoms with van der Waals surface area (Å²) in [5.41, 5.74) is -1.38. The molecular formula is C22H17F4N5O3S. The zero-order valence-corrected chi connectivity index (χ0v) is 18.8. The molecule has 2 heterocycles. The Bertz CT molecular complexity index is 1300. The Hall–Kier alpha value is -3.89. The first-order valence-electron chi connectivity index (χ1n) is 9.95. The molecule has 182 valence electrons.